The number of nitrogens with zero attached hydrogens (tertiary/aromatic N) is 2. The van der Waals surface area contributed by atoms with Gasteiger partial charge < -0.3 is 9.84 Å². The summed E-state index contributed by atoms with van der Waals surface area (Å²) >= 11 is 3.22. The first-order chi connectivity index (χ1) is 8.19. The molecule has 0 amide bonds. The Bertz CT molecular complexity index is 519. The molecule has 88 valence electrons. The van der Waals surface area contributed by atoms with Gasteiger partial charge in [-0.1, -0.05) is 15.9 Å². The molecule has 2 aromatic rings. The van der Waals surface area contributed by atoms with Crippen LogP contribution in [-0.4, -0.2) is 15.3 Å². The number of hydrogen-bond donors (Lipinski definition) is 1. The van der Waals surface area contributed by atoms with E-state index < -0.39 is 5.82 Å². The first kappa shape index (κ1) is 11.9. The summed E-state index contributed by atoms with van der Waals surface area (Å²) in [6.07, 6.45) is 0. The second-order valence-corrected chi connectivity index (χ2v) is 4.11. The zero-order chi connectivity index (χ0) is 12.3. The molecular weight excluding hydrogens is 291 g/mol. The molecule has 0 spiro atoms. The summed E-state index contributed by atoms with van der Waals surface area (Å²) in [5.74, 6) is -0.258. The van der Waals surface area contributed by atoms with Crippen molar-refractivity contribution in [2.75, 3.05) is 0 Å². The van der Waals surface area contributed by atoms with E-state index in [1.807, 2.05) is 0 Å². The van der Waals surface area contributed by atoms with Gasteiger partial charge in [-0.05, 0) is 24.3 Å². The lowest BCUT2D eigenvalue weighted by Gasteiger charge is -2.05. The zero-order valence-electron chi connectivity index (χ0n) is 8.60. The van der Waals surface area contributed by atoms with E-state index in [0.717, 1.165) is 0 Å². The van der Waals surface area contributed by atoms with Crippen molar-refractivity contribution in [2.45, 2.75) is 6.61 Å². The molecule has 0 atom stereocenters. The molecule has 6 heteroatoms. The fourth-order valence-corrected chi connectivity index (χ4v) is 1.49. The molecule has 1 aromatic carbocycles. The molecule has 4 nitrogen and oxygen atoms in total. The Kier molecular flexibility index (Phi) is 3.65. The summed E-state index contributed by atoms with van der Waals surface area (Å²) in [5.41, 5.74) is 0.423. The molecule has 0 aliphatic rings. The summed E-state index contributed by atoms with van der Waals surface area (Å²) in [6, 6.07) is 7.42. The number of ether oxygens (including phenoxy) is 1. The Morgan fingerprint density at radius 3 is 2.71 bits per heavy atom. The molecule has 0 fully saturated rings. The first-order valence-corrected chi connectivity index (χ1v) is 5.54. The average molecular weight is 299 g/mol. The van der Waals surface area contributed by atoms with E-state index >= 15 is 0 Å². The molecule has 1 aromatic heterocycles. The topological polar surface area (TPSA) is 55.2 Å². The van der Waals surface area contributed by atoms with Gasteiger partial charge in [-0.3, -0.25) is 0 Å². The summed E-state index contributed by atoms with van der Waals surface area (Å²) < 4.78 is 19.3. The minimum absolute atomic E-state index is 0.0606. The first-order valence-electron chi connectivity index (χ1n) is 4.75. The molecule has 0 radical (unpaired) electrons. The fraction of sp³-hybridized carbons (Fsp3) is 0.0909. The Labute approximate surface area is 105 Å². The lowest BCUT2D eigenvalue weighted by molar-refractivity contribution is 0.274. The number of benzene rings is 1. The molecular formula is C11H8BrFN2O2. The van der Waals surface area contributed by atoms with Crippen molar-refractivity contribution >= 4 is 15.9 Å². The number of aromatic nitrogens is 2. The third-order valence-corrected chi connectivity index (χ3v) is 2.46. The van der Waals surface area contributed by atoms with E-state index in [1.54, 1.807) is 12.1 Å². The monoisotopic (exact) mass is 298 g/mol. The molecule has 2 rings (SSSR count). The van der Waals surface area contributed by atoms with Crippen LogP contribution in [0, 0.1) is 5.82 Å². The third-order valence-electron chi connectivity index (χ3n) is 1.97. The highest BCUT2D eigenvalue weighted by Gasteiger charge is 2.06. The van der Waals surface area contributed by atoms with Crippen LogP contribution < -0.4 is 4.74 Å². The van der Waals surface area contributed by atoms with E-state index in [0.29, 0.717) is 10.2 Å². The van der Waals surface area contributed by atoms with Gasteiger partial charge in [0.2, 0.25) is 5.88 Å². The van der Waals surface area contributed by atoms with Crippen molar-refractivity contribution in [3.63, 3.8) is 0 Å². The zero-order valence-corrected chi connectivity index (χ0v) is 10.2. The Morgan fingerprint density at radius 2 is 2.06 bits per heavy atom. The van der Waals surface area contributed by atoms with Crippen molar-refractivity contribution < 1.29 is 14.2 Å². The van der Waals surface area contributed by atoms with Crippen LogP contribution in [0.25, 0.3) is 0 Å². The largest absolute Gasteiger partial charge is 0.434 e. The minimum atomic E-state index is -0.485. The fourth-order valence-electron chi connectivity index (χ4n) is 1.15. The molecule has 0 aliphatic carbocycles. The van der Waals surface area contributed by atoms with Gasteiger partial charge in [0.1, 0.15) is 0 Å². The maximum Gasteiger partial charge on any atom is 0.239 e. The summed E-state index contributed by atoms with van der Waals surface area (Å²) in [5, 5.41) is 16.2. The maximum atomic E-state index is 13.4. The lowest BCUT2D eigenvalue weighted by atomic mass is 10.3. The normalized spacial score (nSPS) is 10.3. The smallest absolute Gasteiger partial charge is 0.239 e. The number of hydrogen-bond acceptors (Lipinski definition) is 4. The number of aliphatic hydroxyl groups is 1. The summed E-state index contributed by atoms with van der Waals surface area (Å²) in [6.45, 7) is -0.196. The number of rotatable bonds is 3. The molecule has 0 saturated heterocycles. The van der Waals surface area contributed by atoms with Gasteiger partial charge in [0.15, 0.2) is 11.6 Å². The lowest BCUT2D eigenvalue weighted by Crippen LogP contribution is -1.96. The minimum Gasteiger partial charge on any atom is -0.434 e. The number of aliphatic hydroxyl groups excluding tert-OH is 1. The van der Waals surface area contributed by atoms with Crippen LogP contribution >= 0.6 is 15.9 Å². The molecule has 1 heterocycles. The SMILES string of the molecule is OCc1ccc(Oc2cc(Br)ccc2F)nn1. The summed E-state index contributed by atoms with van der Waals surface area (Å²) in [4.78, 5) is 0. The van der Waals surface area contributed by atoms with Crippen molar-refractivity contribution in [2.24, 2.45) is 0 Å². The van der Waals surface area contributed by atoms with Crippen molar-refractivity contribution in [1.29, 1.82) is 0 Å². The molecule has 0 saturated carbocycles. The van der Waals surface area contributed by atoms with Crippen LogP contribution in [0.5, 0.6) is 11.6 Å². The second-order valence-electron chi connectivity index (χ2n) is 3.20. The Hall–Kier alpha value is -1.53. The highest BCUT2D eigenvalue weighted by molar-refractivity contribution is 9.10. The maximum absolute atomic E-state index is 13.4. The van der Waals surface area contributed by atoms with Crippen LogP contribution in [0.1, 0.15) is 5.69 Å². The van der Waals surface area contributed by atoms with E-state index in [4.69, 9.17) is 9.84 Å². The average Bonchev–Trinajstić information content (AvgIpc) is 2.35. The van der Waals surface area contributed by atoms with Gasteiger partial charge in [-0.25, -0.2) is 4.39 Å². The molecule has 1 N–H and O–H groups in total. The molecule has 17 heavy (non-hydrogen) atoms. The molecule has 0 aliphatic heterocycles. The van der Waals surface area contributed by atoms with E-state index in [1.165, 1.54) is 18.2 Å². The Morgan fingerprint density at radius 1 is 1.24 bits per heavy atom. The number of halogens is 2. The van der Waals surface area contributed by atoms with E-state index in [2.05, 4.69) is 26.1 Å². The van der Waals surface area contributed by atoms with Gasteiger partial charge in [-0.15, -0.1) is 10.2 Å². The van der Waals surface area contributed by atoms with Gasteiger partial charge in [0.25, 0.3) is 0 Å². The molecule has 0 bridgehead atoms. The van der Waals surface area contributed by atoms with Crippen LogP contribution in [0.15, 0.2) is 34.8 Å². The van der Waals surface area contributed by atoms with E-state index in [9.17, 15) is 4.39 Å². The van der Waals surface area contributed by atoms with Crippen LogP contribution in [0.2, 0.25) is 0 Å². The van der Waals surface area contributed by atoms with Crippen molar-refractivity contribution in [3.05, 3.63) is 46.3 Å². The third kappa shape index (κ3) is 2.98. The van der Waals surface area contributed by atoms with Crippen LogP contribution in [-0.2, 0) is 6.61 Å². The highest BCUT2D eigenvalue weighted by Crippen LogP contribution is 2.26. The Balaban J connectivity index is 2.22. The van der Waals surface area contributed by atoms with Crippen LogP contribution in [0.3, 0.4) is 0 Å². The standard InChI is InChI=1S/C11H8BrFN2O2/c12-7-1-3-9(13)10(5-7)17-11-4-2-8(6-16)14-15-11/h1-5,16H,6H2. The molecule has 0 unspecified atom stereocenters. The predicted molar refractivity (Wildman–Crippen MR) is 62.1 cm³/mol. The summed E-state index contributed by atoms with van der Waals surface area (Å²) in [7, 11) is 0. The van der Waals surface area contributed by atoms with Crippen LogP contribution in [0.4, 0.5) is 4.39 Å². The van der Waals surface area contributed by atoms with Crippen molar-refractivity contribution in [3.8, 4) is 11.6 Å². The van der Waals surface area contributed by atoms with Gasteiger partial charge in [0, 0.05) is 10.5 Å². The second kappa shape index (κ2) is 5.20. The van der Waals surface area contributed by atoms with E-state index in [-0.39, 0.29) is 18.2 Å². The van der Waals surface area contributed by atoms with Crippen molar-refractivity contribution in [1.82, 2.24) is 10.2 Å². The van der Waals surface area contributed by atoms with Gasteiger partial charge in [-0.2, -0.15) is 0 Å². The highest BCUT2D eigenvalue weighted by atomic mass is 79.9. The van der Waals surface area contributed by atoms with Gasteiger partial charge in [0.05, 0.1) is 12.3 Å². The van der Waals surface area contributed by atoms with Gasteiger partial charge >= 0.3 is 0 Å². The predicted octanol–water partition coefficient (Wildman–Crippen LogP) is 2.66. The quantitative estimate of drug-likeness (QED) is 0.946.